The van der Waals surface area contributed by atoms with E-state index in [1.54, 1.807) is 0 Å². The predicted octanol–water partition coefficient (Wildman–Crippen LogP) is 20.4. The van der Waals surface area contributed by atoms with Crippen LogP contribution in [-0.2, 0) is 25.7 Å². The van der Waals surface area contributed by atoms with Gasteiger partial charge < -0.3 is 0 Å². The van der Waals surface area contributed by atoms with Crippen molar-refractivity contribution in [2.75, 3.05) is 0 Å². The van der Waals surface area contributed by atoms with E-state index < -0.39 is 0 Å². The third kappa shape index (κ3) is 9.76. The first-order valence-electron chi connectivity index (χ1n) is 22.4. The SMILES string of the molecule is CC(C)Cc1cccc(-c2c3cc(Br)ccc3c(-c3ccc(Br)c(CC(C)C)c3)c3c(-c4ccc(Br)c(CC(C)C)c4)c4cc(Br)ccc4c(-c4ccc(Br)c(CC(C)C)c4)c23)c1. The standard InChI is InChI=1S/C58H55Br5/c1-32(2)22-36-10-9-11-37(26-36)55-48-30-44(59)15-17-46(48)54(39-13-20-51(62)42(28-39)24-34(5)6)58-56(40-14-21-52(63)43(29-40)25-35(7)8)49-31-45(60)16-18-47(49)53(57(55)58)38-12-19-50(61)41(27-38)23-33(3)4/h9-21,26-35H,22-25H2,1-8H3. The molecule has 8 rings (SSSR count). The second kappa shape index (κ2) is 19.4. The highest BCUT2D eigenvalue weighted by Gasteiger charge is 2.28. The summed E-state index contributed by atoms with van der Waals surface area (Å²) in [5.41, 5.74) is 15.3. The van der Waals surface area contributed by atoms with E-state index in [9.17, 15) is 0 Å². The molecule has 0 unspecified atom stereocenters. The van der Waals surface area contributed by atoms with Crippen molar-refractivity contribution in [1.29, 1.82) is 0 Å². The Bertz CT molecular complexity index is 3020. The minimum atomic E-state index is 0.504. The van der Waals surface area contributed by atoms with Gasteiger partial charge in [-0.3, -0.25) is 0 Å². The summed E-state index contributed by atoms with van der Waals surface area (Å²) in [5.74, 6) is 2.05. The minimum Gasteiger partial charge on any atom is -0.0625 e. The molecule has 0 radical (unpaired) electrons. The fourth-order valence-electron chi connectivity index (χ4n) is 9.68. The van der Waals surface area contributed by atoms with Gasteiger partial charge in [0.05, 0.1) is 0 Å². The maximum Gasteiger partial charge on any atom is 0.0207 e. The molecular weight excluding hydrogens is 1100 g/mol. The Morgan fingerprint density at radius 3 is 1.05 bits per heavy atom. The zero-order valence-corrected chi connectivity index (χ0v) is 45.4. The molecule has 0 aliphatic heterocycles. The van der Waals surface area contributed by atoms with Crippen LogP contribution in [0.1, 0.15) is 77.6 Å². The highest BCUT2D eigenvalue weighted by molar-refractivity contribution is 9.11. The summed E-state index contributed by atoms with van der Waals surface area (Å²) >= 11 is 19.9. The first-order chi connectivity index (χ1) is 30.1. The molecule has 0 aliphatic carbocycles. The molecule has 0 amide bonds. The van der Waals surface area contributed by atoms with Crippen molar-refractivity contribution in [1.82, 2.24) is 0 Å². The van der Waals surface area contributed by atoms with Crippen LogP contribution in [0.5, 0.6) is 0 Å². The normalized spacial score (nSPS) is 12.1. The number of halogens is 5. The van der Waals surface area contributed by atoms with Crippen LogP contribution >= 0.6 is 79.6 Å². The van der Waals surface area contributed by atoms with Crippen LogP contribution in [0.4, 0.5) is 0 Å². The molecule has 5 heteroatoms. The quantitative estimate of drug-likeness (QED) is 0.107. The summed E-state index contributed by atoms with van der Waals surface area (Å²) in [6, 6.07) is 44.6. The maximum absolute atomic E-state index is 4.00. The molecule has 0 N–H and O–H groups in total. The summed E-state index contributed by atoms with van der Waals surface area (Å²) in [7, 11) is 0. The summed E-state index contributed by atoms with van der Waals surface area (Å²) < 4.78 is 5.60. The molecule has 0 nitrogen and oxygen atoms in total. The van der Waals surface area contributed by atoms with Crippen LogP contribution in [0.15, 0.2) is 138 Å². The molecule has 322 valence electrons. The molecule has 0 atom stereocenters. The molecule has 0 aliphatic rings. The fourth-order valence-corrected chi connectivity index (χ4v) is 11.6. The van der Waals surface area contributed by atoms with E-state index in [1.807, 2.05) is 0 Å². The van der Waals surface area contributed by atoms with Crippen molar-refractivity contribution < 1.29 is 0 Å². The van der Waals surface area contributed by atoms with Crippen LogP contribution in [0.3, 0.4) is 0 Å². The van der Waals surface area contributed by atoms with Gasteiger partial charge >= 0.3 is 0 Å². The Morgan fingerprint density at radius 1 is 0.333 bits per heavy atom. The predicted molar refractivity (Wildman–Crippen MR) is 293 cm³/mol. The highest BCUT2D eigenvalue weighted by Crippen LogP contribution is 2.55. The Balaban J connectivity index is 1.72. The fraction of sp³-hybridized carbons (Fsp3) is 0.276. The molecular formula is C58H55Br5. The Kier molecular flexibility index (Phi) is 14.3. The third-order valence-corrected chi connectivity index (χ3v) is 15.3. The van der Waals surface area contributed by atoms with Gasteiger partial charge in [0.25, 0.3) is 0 Å². The molecule has 0 heterocycles. The van der Waals surface area contributed by atoms with E-state index in [0.29, 0.717) is 23.7 Å². The van der Waals surface area contributed by atoms with Crippen LogP contribution in [0, 0.1) is 23.7 Å². The van der Waals surface area contributed by atoms with E-state index in [-0.39, 0.29) is 0 Å². The molecule has 0 aromatic heterocycles. The van der Waals surface area contributed by atoms with Gasteiger partial charge in [-0.05, 0) is 209 Å². The number of rotatable bonds is 12. The molecule has 8 aromatic rings. The topological polar surface area (TPSA) is 0 Å². The first-order valence-corrected chi connectivity index (χ1v) is 26.3. The van der Waals surface area contributed by atoms with Gasteiger partial charge in [-0.15, -0.1) is 0 Å². The van der Waals surface area contributed by atoms with Crippen molar-refractivity contribution in [3.05, 3.63) is 160 Å². The zero-order chi connectivity index (χ0) is 44.9. The van der Waals surface area contributed by atoms with Gasteiger partial charge in [0, 0.05) is 22.4 Å². The second-order valence-electron chi connectivity index (χ2n) is 19.1. The molecule has 0 saturated heterocycles. The number of fused-ring (bicyclic) bond motifs is 3. The van der Waals surface area contributed by atoms with Gasteiger partial charge in [-0.1, -0.05) is 190 Å². The van der Waals surface area contributed by atoms with Gasteiger partial charge in [-0.25, -0.2) is 0 Å². The lowest BCUT2D eigenvalue weighted by Gasteiger charge is -2.26. The van der Waals surface area contributed by atoms with Crippen LogP contribution in [0.2, 0.25) is 0 Å². The van der Waals surface area contributed by atoms with E-state index in [2.05, 4.69) is 250 Å². The molecule has 8 aromatic carbocycles. The molecule has 0 bridgehead atoms. The van der Waals surface area contributed by atoms with E-state index in [4.69, 9.17) is 0 Å². The van der Waals surface area contributed by atoms with Crippen molar-refractivity contribution in [2.24, 2.45) is 23.7 Å². The summed E-state index contributed by atoms with van der Waals surface area (Å²) in [6.45, 7) is 18.5. The lowest BCUT2D eigenvalue weighted by molar-refractivity contribution is 0.645. The van der Waals surface area contributed by atoms with Gasteiger partial charge in [-0.2, -0.15) is 0 Å². The second-order valence-corrected chi connectivity index (χ2v) is 23.5. The molecule has 0 spiro atoms. The summed E-state index contributed by atoms with van der Waals surface area (Å²) in [6.07, 6.45) is 3.95. The van der Waals surface area contributed by atoms with Gasteiger partial charge in [0.1, 0.15) is 0 Å². The Labute approximate surface area is 417 Å². The highest BCUT2D eigenvalue weighted by atomic mass is 79.9. The average molecular weight is 1150 g/mol. The smallest absolute Gasteiger partial charge is 0.0207 e. The van der Waals surface area contributed by atoms with Crippen molar-refractivity contribution >= 4 is 112 Å². The maximum atomic E-state index is 4.00. The minimum absolute atomic E-state index is 0.504. The first kappa shape index (κ1) is 46.5. The largest absolute Gasteiger partial charge is 0.0625 e. The van der Waals surface area contributed by atoms with E-state index >= 15 is 0 Å². The Morgan fingerprint density at radius 2 is 0.683 bits per heavy atom. The average Bonchev–Trinajstić information content (AvgIpc) is 3.21. The third-order valence-electron chi connectivity index (χ3n) is 12.0. The van der Waals surface area contributed by atoms with Gasteiger partial charge in [0.2, 0.25) is 0 Å². The summed E-state index contributed by atoms with van der Waals surface area (Å²) in [4.78, 5) is 0. The van der Waals surface area contributed by atoms with Crippen LogP contribution in [0.25, 0.3) is 76.8 Å². The van der Waals surface area contributed by atoms with Gasteiger partial charge in [0.15, 0.2) is 0 Å². The van der Waals surface area contributed by atoms with Crippen LogP contribution in [-0.4, -0.2) is 0 Å². The zero-order valence-electron chi connectivity index (χ0n) is 37.5. The molecule has 63 heavy (non-hydrogen) atoms. The molecule has 0 saturated carbocycles. The van der Waals surface area contributed by atoms with E-state index in [0.717, 1.165) is 48.0 Å². The monoisotopic (exact) mass is 1150 g/mol. The lowest BCUT2D eigenvalue weighted by atomic mass is 9.77. The van der Waals surface area contributed by atoms with Crippen LogP contribution < -0.4 is 0 Å². The van der Waals surface area contributed by atoms with Crippen molar-refractivity contribution in [2.45, 2.75) is 81.1 Å². The lowest BCUT2D eigenvalue weighted by Crippen LogP contribution is -2.01. The summed E-state index contributed by atoms with van der Waals surface area (Å²) in [5, 5.41) is 7.50. The Hall–Kier alpha value is -3.06. The van der Waals surface area contributed by atoms with E-state index in [1.165, 1.54) is 99.1 Å². The number of hydrogen-bond donors (Lipinski definition) is 0. The molecule has 0 fully saturated rings. The van der Waals surface area contributed by atoms with Crippen molar-refractivity contribution in [3.8, 4) is 44.5 Å². The van der Waals surface area contributed by atoms with Crippen molar-refractivity contribution in [3.63, 3.8) is 0 Å². The number of hydrogen-bond acceptors (Lipinski definition) is 0. The number of benzene rings is 8.